The highest BCUT2D eigenvalue weighted by Crippen LogP contribution is 2.41. The van der Waals surface area contributed by atoms with Crippen molar-refractivity contribution in [3.63, 3.8) is 0 Å². The molecule has 0 unspecified atom stereocenters. The normalized spacial score (nSPS) is 19.0. The maximum absolute atomic E-state index is 13.2. The lowest BCUT2D eigenvalue weighted by Crippen LogP contribution is -2.61. The molecule has 2 fully saturated rings. The number of nitrogens with zero attached hydrogens (tertiary/aromatic N) is 5. The Kier molecular flexibility index (Phi) is 7.32. The summed E-state index contributed by atoms with van der Waals surface area (Å²) < 4.78 is 0. The highest BCUT2D eigenvalue weighted by molar-refractivity contribution is 7.10. The lowest BCUT2D eigenvalue weighted by Gasteiger charge is -2.54. The quantitative estimate of drug-likeness (QED) is 0.442. The average molecular weight is 532 g/mol. The number of amides is 1. The Bertz CT molecular complexity index is 1250. The lowest BCUT2D eigenvalue weighted by molar-refractivity contribution is -0.0335. The number of hydrogen-bond donors (Lipinski definition) is 2. The van der Waals surface area contributed by atoms with Gasteiger partial charge in [-0.3, -0.25) is 19.6 Å². The number of aromatic amines is 1. The molecule has 2 saturated heterocycles. The topological polar surface area (TPSA) is 79.9 Å². The van der Waals surface area contributed by atoms with Crippen LogP contribution in [0.5, 0.6) is 0 Å². The Morgan fingerprint density at radius 3 is 2.58 bits per heavy atom. The van der Waals surface area contributed by atoms with Gasteiger partial charge in [-0.15, -0.1) is 11.3 Å². The number of thiophene rings is 1. The summed E-state index contributed by atoms with van der Waals surface area (Å²) in [5, 5.41) is 5.56. The van der Waals surface area contributed by atoms with Crippen LogP contribution in [0.25, 0.3) is 0 Å². The number of carbonyl (C=O) groups is 1. The molecular formula is C29H37N7OS. The van der Waals surface area contributed by atoms with Crippen molar-refractivity contribution in [2.24, 2.45) is 10.4 Å². The summed E-state index contributed by atoms with van der Waals surface area (Å²) in [6.07, 6.45) is 6.01. The van der Waals surface area contributed by atoms with E-state index in [2.05, 4.69) is 60.6 Å². The van der Waals surface area contributed by atoms with Gasteiger partial charge in [-0.25, -0.2) is 4.98 Å². The second kappa shape index (κ2) is 11.0. The van der Waals surface area contributed by atoms with Crippen LogP contribution in [-0.2, 0) is 19.6 Å². The molecule has 3 aromatic rings. The van der Waals surface area contributed by atoms with Crippen molar-refractivity contribution in [1.29, 1.82) is 0 Å². The van der Waals surface area contributed by atoms with Crippen molar-refractivity contribution in [2.75, 3.05) is 45.8 Å². The van der Waals surface area contributed by atoms with Gasteiger partial charge in [0.15, 0.2) is 0 Å². The summed E-state index contributed by atoms with van der Waals surface area (Å²) in [4.78, 5) is 33.8. The number of likely N-dealkylation sites (tertiary alicyclic amines) is 2. The number of imidazole rings is 1. The highest BCUT2D eigenvalue weighted by atomic mass is 32.1. The van der Waals surface area contributed by atoms with E-state index < -0.39 is 0 Å². The molecule has 0 saturated carbocycles. The van der Waals surface area contributed by atoms with Gasteiger partial charge in [0.25, 0.3) is 5.91 Å². The van der Waals surface area contributed by atoms with E-state index in [0.717, 1.165) is 76.1 Å². The van der Waals surface area contributed by atoms with Crippen LogP contribution in [0.2, 0.25) is 0 Å². The summed E-state index contributed by atoms with van der Waals surface area (Å²) in [6.45, 7) is 11.3. The summed E-state index contributed by atoms with van der Waals surface area (Å²) in [7, 11) is 0. The van der Waals surface area contributed by atoms with Gasteiger partial charge >= 0.3 is 0 Å². The molecule has 3 aliphatic heterocycles. The molecule has 0 atom stereocenters. The zero-order chi connectivity index (χ0) is 26.0. The maximum atomic E-state index is 13.2. The van der Waals surface area contributed by atoms with Crippen molar-refractivity contribution in [2.45, 2.75) is 39.4 Å². The molecule has 38 heavy (non-hydrogen) atoms. The molecule has 1 aromatic carbocycles. The zero-order valence-corrected chi connectivity index (χ0v) is 23.0. The fraction of sp³-hybridized carbons (Fsp3) is 0.483. The van der Waals surface area contributed by atoms with Crippen LogP contribution in [0.15, 0.2) is 53.1 Å². The first-order valence-electron chi connectivity index (χ1n) is 13.7. The number of piperidine rings is 1. The number of carbonyl (C=O) groups excluding carboxylic acids is 1. The van der Waals surface area contributed by atoms with Gasteiger partial charge in [0.1, 0.15) is 11.7 Å². The van der Waals surface area contributed by atoms with E-state index in [1.54, 1.807) is 6.20 Å². The van der Waals surface area contributed by atoms with E-state index in [4.69, 9.17) is 0 Å². The predicted octanol–water partition coefficient (Wildman–Crippen LogP) is 3.52. The van der Waals surface area contributed by atoms with E-state index in [0.29, 0.717) is 12.0 Å². The molecule has 9 heteroatoms. The number of H-pyrrole nitrogens is 1. The van der Waals surface area contributed by atoms with E-state index in [1.807, 2.05) is 34.6 Å². The molecule has 6 rings (SSSR count). The fourth-order valence-electron chi connectivity index (χ4n) is 5.90. The highest BCUT2D eigenvalue weighted by Gasteiger charge is 2.46. The number of hydrogen-bond acceptors (Lipinski definition) is 7. The van der Waals surface area contributed by atoms with Crippen LogP contribution >= 0.6 is 11.3 Å². The number of aliphatic imine (C=N–C) groups is 1. The molecule has 1 amide bonds. The van der Waals surface area contributed by atoms with Crippen molar-refractivity contribution >= 4 is 23.1 Å². The Morgan fingerprint density at radius 2 is 1.92 bits per heavy atom. The van der Waals surface area contributed by atoms with Gasteiger partial charge in [0, 0.05) is 61.0 Å². The first-order valence-corrected chi connectivity index (χ1v) is 14.5. The van der Waals surface area contributed by atoms with E-state index in [-0.39, 0.29) is 5.91 Å². The number of aromatic nitrogens is 2. The minimum Gasteiger partial charge on any atom is -0.371 e. The summed E-state index contributed by atoms with van der Waals surface area (Å²) >= 11 is 1.87. The van der Waals surface area contributed by atoms with E-state index in [9.17, 15) is 4.79 Å². The Balaban J connectivity index is 1.01. The molecule has 0 bridgehead atoms. The van der Waals surface area contributed by atoms with Crippen molar-refractivity contribution < 1.29 is 4.79 Å². The van der Waals surface area contributed by atoms with Crippen LogP contribution in [0.4, 0.5) is 0 Å². The zero-order valence-electron chi connectivity index (χ0n) is 22.2. The van der Waals surface area contributed by atoms with Crippen LogP contribution in [0.3, 0.4) is 0 Å². The average Bonchev–Trinajstić information content (AvgIpc) is 3.69. The Hall–Kier alpha value is -3.01. The van der Waals surface area contributed by atoms with Gasteiger partial charge in [0.2, 0.25) is 0 Å². The number of amidine groups is 1. The predicted molar refractivity (Wildman–Crippen MR) is 151 cm³/mol. The summed E-state index contributed by atoms with van der Waals surface area (Å²) in [6, 6.07) is 10.4. The van der Waals surface area contributed by atoms with Gasteiger partial charge in [-0.2, -0.15) is 0 Å². The van der Waals surface area contributed by atoms with E-state index >= 15 is 0 Å². The molecule has 0 radical (unpaired) electrons. The Labute approximate surface area is 228 Å². The molecule has 2 N–H and O–H groups in total. The van der Waals surface area contributed by atoms with Crippen LogP contribution in [0.1, 0.15) is 45.0 Å². The van der Waals surface area contributed by atoms with Crippen LogP contribution < -0.4 is 5.32 Å². The molecule has 200 valence electrons. The number of nitrogens with one attached hydrogen (secondary N) is 2. The Morgan fingerprint density at radius 1 is 1.11 bits per heavy atom. The molecule has 0 aliphatic carbocycles. The van der Waals surface area contributed by atoms with Gasteiger partial charge in [0.05, 0.1) is 19.6 Å². The minimum absolute atomic E-state index is 0.163. The van der Waals surface area contributed by atoms with Crippen molar-refractivity contribution in [3.05, 3.63) is 75.5 Å². The molecule has 2 aromatic heterocycles. The summed E-state index contributed by atoms with van der Waals surface area (Å²) in [5.74, 6) is 2.13. The maximum Gasteiger partial charge on any atom is 0.253 e. The van der Waals surface area contributed by atoms with Gasteiger partial charge < -0.3 is 15.2 Å². The third kappa shape index (κ3) is 5.70. The second-order valence-electron chi connectivity index (χ2n) is 11.1. The second-order valence-corrected chi connectivity index (χ2v) is 12.1. The van der Waals surface area contributed by atoms with Crippen LogP contribution in [-0.4, -0.2) is 82.2 Å². The minimum atomic E-state index is 0.163. The molecular weight excluding hydrogens is 494 g/mol. The smallest absolute Gasteiger partial charge is 0.253 e. The first-order chi connectivity index (χ1) is 18.6. The monoisotopic (exact) mass is 531 g/mol. The molecule has 8 nitrogen and oxygen atoms in total. The third-order valence-electron chi connectivity index (χ3n) is 8.24. The molecule has 5 heterocycles. The molecule has 1 spiro atoms. The standard InChI is InChI=1S/C29H37N7OS/c1-22-6-15-38-25(22)17-34-13-7-29(8-14-34)20-36(21-29)28(37)24-4-2-23(3-5-24)16-35(18-26-30-9-10-31-26)19-27-32-11-12-33-27/h2-6,9-10,15H,7-8,11-14,16-21H2,1H3,(H,30,31)(H,32,33). The van der Waals surface area contributed by atoms with E-state index in [1.165, 1.54) is 28.8 Å². The SMILES string of the molecule is Cc1ccsc1CN1CCC2(CC1)CN(C(=O)c1ccc(CN(CC3=NCCN3)Cc3ncc[nH]3)cc1)C2. The third-order valence-corrected chi connectivity index (χ3v) is 9.25. The lowest BCUT2D eigenvalue weighted by atomic mass is 9.71. The van der Waals surface area contributed by atoms with Gasteiger partial charge in [-0.1, -0.05) is 12.1 Å². The van der Waals surface area contributed by atoms with Crippen LogP contribution in [0, 0.1) is 12.3 Å². The number of aryl methyl sites for hydroxylation is 1. The number of benzene rings is 1. The van der Waals surface area contributed by atoms with Gasteiger partial charge in [-0.05, 0) is 67.6 Å². The molecule has 3 aliphatic rings. The number of rotatable bonds is 9. The first kappa shape index (κ1) is 25.3. The van der Waals surface area contributed by atoms with Crippen molar-refractivity contribution in [3.8, 4) is 0 Å². The van der Waals surface area contributed by atoms with Crippen molar-refractivity contribution in [1.82, 2.24) is 30.0 Å². The largest absolute Gasteiger partial charge is 0.371 e. The fourth-order valence-corrected chi connectivity index (χ4v) is 6.85. The summed E-state index contributed by atoms with van der Waals surface area (Å²) in [5.41, 5.74) is 3.70.